The number of guanidine groups is 1. The van der Waals surface area contributed by atoms with Crippen LogP contribution in [0, 0.1) is 5.92 Å². The first kappa shape index (κ1) is 21.5. The summed E-state index contributed by atoms with van der Waals surface area (Å²) in [6.07, 6.45) is 1.17. The number of morpholine rings is 1. The fourth-order valence-corrected chi connectivity index (χ4v) is 3.31. The molecule has 1 aliphatic heterocycles. The van der Waals surface area contributed by atoms with Crippen molar-refractivity contribution >= 4 is 5.96 Å². The molecule has 152 valence electrons. The number of benzene rings is 1. The molecule has 27 heavy (non-hydrogen) atoms. The van der Waals surface area contributed by atoms with Crippen LogP contribution in [0.4, 0.5) is 0 Å². The Bertz CT molecular complexity index is 554. The van der Waals surface area contributed by atoms with E-state index in [9.17, 15) is 0 Å². The minimum atomic E-state index is 0.499. The van der Waals surface area contributed by atoms with Gasteiger partial charge in [-0.2, -0.15) is 0 Å². The van der Waals surface area contributed by atoms with Crippen LogP contribution in [0.1, 0.15) is 32.8 Å². The van der Waals surface area contributed by atoms with Crippen LogP contribution in [0.15, 0.2) is 29.3 Å². The smallest absolute Gasteiger partial charge is 0.191 e. The van der Waals surface area contributed by atoms with Gasteiger partial charge in [0.15, 0.2) is 5.96 Å². The molecule has 2 N–H and O–H groups in total. The van der Waals surface area contributed by atoms with E-state index in [2.05, 4.69) is 48.4 Å². The summed E-state index contributed by atoms with van der Waals surface area (Å²) < 4.78 is 10.7. The first-order valence-electron chi connectivity index (χ1n) is 10.1. The first-order chi connectivity index (χ1) is 13.1. The molecule has 6 heteroatoms. The van der Waals surface area contributed by atoms with Crippen molar-refractivity contribution in [3.63, 3.8) is 0 Å². The summed E-state index contributed by atoms with van der Waals surface area (Å²) >= 11 is 0. The molecule has 1 fully saturated rings. The first-order valence-corrected chi connectivity index (χ1v) is 10.1. The van der Waals surface area contributed by atoms with E-state index >= 15 is 0 Å². The topological polar surface area (TPSA) is 58.1 Å². The third-order valence-corrected chi connectivity index (χ3v) is 4.73. The second-order valence-corrected chi connectivity index (χ2v) is 7.36. The highest BCUT2D eigenvalue weighted by Gasteiger charge is 2.22. The van der Waals surface area contributed by atoms with Gasteiger partial charge in [0.1, 0.15) is 5.75 Å². The van der Waals surface area contributed by atoms with Gasteiger partial charge in [0.2, 0.25) is 0 Å². The van der Waals surface area contributed by atoms with Crippen molar-refractivity contribution < 1.29 is 9.47 Å². The third kappa shape index (κ3) is 7.77. The normalized spacial score (nSPS) is 17.0. The number of rotatable bonds is 9. The van der Waals surface area contributed by atoms with E-state index < -0.39 is 0 Å². The molecule has 1 atom stereocenters. The Labute approximate surface area is 164 Å². The minimum Gasteiger partial charge on any atom is -0.497 e. The van der Waals surface area contributed by atoms with Crippen molar-refractivity contribution in [3.8, 4) is 5.75 Å². The molecule has 1 heterocycles. The number of aliphatic imine (C=N–C) groups is 1. The van der Waals surface area contributed by atoms with Gasteiger partial charge in [-0.1, -0.05) is 26.0 Å². The maximum absolute atomic E-state index is 5.52. The van der Waals surface area contributed by atoms with Crippen LogP contribution in [-0.4, -0.2) is 63.4 Å². The van der Waals surface area contributed by atoms with Gasteiger partial charge in [0.05, 0.1) is 26.9 Å². The number of hydrogen-bond donors (Lipinski definition) is 2. The summed E-state index contributed by atoms with van der Waals surface area (Å²) in [5.74, 6) is 2.41. The molecule has 2 rings (SSSR count). The predicted octanol–water partition coefficient (Wildman–Crippen LogP) is 2.50. The lowest BCUT2D eigenvalue weighted by molar-refractivity contribution is 0.0132. The molecule has 0 amide bonds. The summed E-state index contributed by atoms with van der Waals surface area (Å²) in [6.45, 7) is 12.8. The lowest BCUT2D eigenvalue weighted by Crippen LogP contribution is -2.51. The molecule has 0 bridgehead atoms. The van der Waals surface area contributed by atoms with Gasteiger partial charge < -0.3 is 20.1 Å². The van der Waals surface area contributed by atoms with Crippen LogP contribution in [0.5, 0.6) is 5.75 Å². The summed E-state index contributed by atoms with van der Waals surface area (Å²) in [5.41, 5.74) is 1.17. The van der Waals surface area contributed by atoms with Crippen molar-refractivity contribution in [2.45, 2.75) is 39.8 Å². The number of nitrogens with one attached hydrogen (secondary N) is 2. The van der Waals surface area contributed by atoms with E-state index in [4.69, 9.17) is 14.5 Å². The Morgan fingerprint density at radius 2 is 1.89 bits per heavy atom. The van der Waals surface area contributed by atoms with E-state index in [0.717, 1.165) is 51.1 Å². The molecule has 0 radical (unpaired) electrons. The molecule has 0 aliphatic carbocycles. The second-order valence-electron chi connectivity index (χ2n) is 7.36. The average molecular weight is 377 g/mol. The van der Waals surface area contributed by atoms with Crippen molar-refractivity contribution in [2.75, 3.05) is 46.5 Å². The maximum Gasteiger partial charge on any atom is 0.191 e. The number of hydrogen-bond acceptors (Lipinski definition) is 4. The summed E-state index contributed by atoms with van der Waals surface area (Å²) in [6, 6.07) is 8.56. The summed E-state index contributed by atoms with van der Waals surface area (Å²) in [5, 5.41) is 6.91. The Hall–Kier alpha value is -1.79. The van der Waals surface area contributed by atoms with Gasteiger partial charge in [-0.25, -0.2) is 4.99 Å². The van der Waals surface area contributed by atoms with Gasteiger partial charge in [0.25, 0.3) is 0 Å². The molecule has 1 unspecified atom stereocenters. The fourth-order valence-electron chi connectivity index (χ4n) is 3.31. The lowest BCUT2D eigenvalue weighted by Gasteiger charge is -2.35. The van der Waals surface area contributed by atoms with Crippen molar-refractivity contribution in [2.24, 2.45) is 10.9 Å². The van der Waals surface area contributed by atoms with E-state index in [0.29, 0.717) is 18.5 Å². The standard InChI is InChI=1S/C21H36N4O2/c1-5-22-21(23-15-18-6-8-20(26-4)9-7-18)24-16-19(14-17(2)3)25-10-12-27-13-11-25/h6-9,17,19H,5,10-16H2,1-4H3,(H2,22,23,24). The fraction of sp³-hybridized carbons (Fsp3) is 0.667. The predicted molar refractivity (Wildman–Crippen MR) is 111 cm³/mol. The highest BCUT2D eigenvalue weighted by Crippen LogP contribution is 2.13. The van der Waals surface area contributed by atoms with Crippen LogP contribution >= 0.6 is 0 Å². The number of methoxy groups -OCH3 is 1. The molecular weight excluding hydrogens is 340 g/mol. The van der Waals surface area contributed by atoms with E-state index in [1.54, 1.807) is 7.11 Å². The molecular formula is C21H36N4O2. The molecule has 0 saturated carbocycles. The summed E-state index contributed by atoms with van der Waals surface area (Å²) in [4.78, 5) is 7.29. The van der Waals surface area contributed by atoms with Gasteiger partial charge in [-0.05, 0) is 37.0 Å². The largest absolute Gasteiger partial charge is 0.497 e. The highest BCUT2D eigenvalue weighted by atomic mass is 16.5. The zero-order valence-electron chi connectivity index (χ0n) is 17.3. The number of nitrogens with zero attached hydrogens (tertiary/aromatic N) is 2. The molecule has 1 aromatic carbocycles. The number of ether oxygens (including phenoxy) is 2. The van der Waals surface area contributed by atoms with Gasteiger partial charge >= 0.3 is 0 Å². The average Bonchev–Trinajstić information content (AvgIpc) is 2.69. The Kier molecular flexibility index (Phi) is 9.42. The molecule has 0 spiro atoms. The maximum atomic E-state index is 5.52. The van der Waals surface area contributed by atoms with E-state index in [1.165, 1.54) is 12.0 Å². The monoisotopic (exact) mass is 376 g/mol. The van der Waals surface area contributed by atoms with E-state index in [1.807, 2.05) is 12.1 Å². The van der Waals surface area contributed by atoms with Crippen LogP contribution in [0.25, 0.3) is 0 Å². The van der Waals surface area contributed by atoms with Crippen LogP contribution < -0.4 is 15.4 Å². The molecule has 1 aromatic rings. The van der Waals surface area contributed by atoms with E-state index in [-0.39, 0.29) is 0 Å². The van der Waals surface area contributed by atoms with Crippen LogP contribution in [0.3, 0.4) is 0 Å². The van der Waals surface area contributed by atoms with Crippen LogP contribution in [-0.2, 0) is 11.3 Å². The SMILES string of the molecule is CCNC(=NCc1ccc(OC)cc1)NCC(CC(C)C)N1CCOCC1. The van der Waals surface area contributed by atoms with Crippen molar-refractivity contribution in [1.29, 1.82) is 0 Å². The Morgan fingerprint density at radius 3 is 2.48 bits per heavy atom. The molecule has 6 nitrogen and oxygen atoms in total. The molecule has 0 aromatic heterocycles. The minimum absolute atomic E-state index is 0.499. The van der Waals surface area contributed by atoms with Gasteiger partial charge in [-0.15, -0.1) is 0 Å². The van der Waals surface area contributed by atoms with Gasteiger partial charge in [0, 0.05) is 32.2 Å². The third-order valence-electron chi connectivity index (χ3n) is 4.73. The highest BCUT2D eigenvalue weighted by molar-refractivity contribution is 5.79. The van der Waals surface area contributed by atoms with Crippen LogP contribution in [0.2, 0.25) is 0 Å². The van der Waals surface area contributed by atoms with Crippen molar-refractivity contribution in [3.05, 3.63) is 29.8 Å². The molecule has 1 saturated heterocycles. The van der Waals surface area contributed by atoms with Crippen molar-refractivity contribution in [1.82, 2.24) is 15.5 Å². The Morgan fingerprint density at radius 1 is 1.19 bits per heavy atom. The summed E-state index contributed by atoms with van der Waals surface area (Å²) in [7, 11) is 1.68. The lowest BCUT2D eigenvalue weighted by atomic mass is 10.0. The quantitative estimate of drug-likeness (QED) is 0.512. The zero-order valence-corrected chi connectivity index (χ0v) is 17.3. The second kappa shape index (κ2) is 11.8. The Balaban J connectivity index is 1.94. The molecule has 1 aliphatic rings. The zero-order chi connectivity index (χ0) is 19.5. The van der Waals surface area contributed by atoms with Gasteiger partial charge in [-0.3, -0.25) is 4.90 Å².